The summed E-state index contributed by atoms with van der Waals surface area (Å²) in [6.45, 7) is 5.10. The Hall–Kier alpha value is -3.34. The van der Waals surface area contributed by atoms with Gasteiger partial charge in [0.05, 0.1) is 18.4 Å². The number of pyridine rings is 2. The zero-order valence-corrected chi connectivity index (χ0v) is 21.0. The molecule has 2 aliphatic heterocycles. The van der Waals surface area contributed by atoms with Crippen molar-refractivity contribution < 1.29 is 14.0 Å². The summed E-state index contributed by atoms with van der Waals surface area (Å²) in [5.41, 5.74) is 0.952. The number of amides is 2. The minimum Gasteiger partial charge on any atom is -0.356 e. The number of aryl methyl sites for hydroxylation is 1. The van der Waals surface area contributed by atoms with Gasteiger partial charge < -0.3 is 15.1 Å². The van der Waals surface area contributed by atoms with Crippen LogP contribution in [0.2, 0.25) is 0 Å². The second-order valence-corrected chi connectivity index (χ2v) is 9.92. The van der Waals surface area contributed by atoms with Crippen molar-refractivity contribution in [3.63, 3.8) is 0 Å². The Morgan fingerprint density at radius 2 is 1.91 bits per heavy atom. The zero-order chi connectivity index (χ0) is 24.7. The number of halogens is 2. The van der Waals surface area contributed by atoms with Crippen molar-refractivity contribution in [2.75, 3.05) is 24.5 Å². The van der Waals surface area contributed by atoms with E-state index in [1.165, 1.54) is 10.9 Å². The molecule has 1 spiro atoms. The Morgan fingerprint density at radius 3 is 2.54 bits per heavy atom. The van der Waals surface area contributed by atoms with Gasteiger partial charge in [-0.1, -0.05) is 6.07 Å². The third-order valence-electron chi connectivity index (χ3n) is 6.74. The molecule has 2 aliphatic rings. The fourth-order valence-corrected chi connectivity index (χ4v) is 5.33. The number of anilines is 1. The van der Waals surface area contributed by atoms with E-state index in [0.717, 1.165) is 27.7 Å². The van der Waals surface area contributed by atoms with Gasteiger partial charge in [0.25, 0.3) is 0 Å². The van der Waals surface area contributed by atoms with Crippen molar-refractivity contribution in [2.45, 2.75) is 38.3 Å². The van der Waals surface area contributed by atoms with Crippen molar-refractivity contribution >= 4 is 33.6 Å². The van der Waals surface area contributed by atoms with Crippen LogP contribution in [0.3, 0.4) is 0 Å². The van der Waals surface area contributed by atoms with Crippen molar-refractivity contribution in [3.05, 3.63) is 64.4 Å². The van der Waals surface area contributed by atoms with E-state index in [0.29, 0.717) is 31.7 Å². The highest BCUT2D eigenvalue weighted by Gasteiger charge is 2.49. The molecule has 3 aromatic rings. The number of carbonyl (C=O) groups is 2. The number of piperidine rings is 1. The topological polar surface area (TPSA) is 96.2 Å². The molecular formula is C24H25BrFN7O2. The van der Waals surface area contributed by atoms with E-state index in [9.17, 15) is 14.0 Å². The maximum atomic E-state index is 13.7. The highest BCUT2D eigenvalue weighted by atomic mass is 79.9. The molecule has 0 saturated carbocycles. The number of carbonyl (C=O) groups excluding carboxylic acids is 2. The molecule has 0 aliphatic carbocycles. The maximum absolute atomic E-state index is 13.7. The van der Waals surface area contributed by atoms with E-state index in [4.69, 9.17) is 0 Å². The average Bonchev–Trinajstić information content (AvgIpc) is 3.27. The van der Waals surface area contributed by atoms with Gasteiger partial charge in [-0.2, -0.15) is 5.10 Å². The van der Waals surface area contributed by atoms with Crippen LogP contribution in [0.25, 0.3) is 5.82 Å². The molecule has 3 aromatic heterocycles. The summed E-state index contributed by atoms with van der Waals surface area (Å²) in [7, 11) is 0. The molecule has 0 bridgehead atoms. The minimum atomic E-state index is -0.929. The maximum Gasteiger partial charge on any atom is 0.249 e. The lowest BCUT2D eigenvalue weighted by atomic mass is 9.83. The summed E-state index contributed by atoms with van der Waals surface area (Å²) in [6.07, 6.45) is 4.98. The van der Waals surface area contributed by atoms with Gasteiger partial charge in [0.1, 0.15) is 22.5 Å². The van der Waals surface area contributed by atoms with Crippen LogP contribution in [0.15, 0.2) is 47.5 Å². The fraction of sp³-hybridized carbons (Fsp3) is 0.375. The van der Waals surface area contributed by atoms with Crippen LogP contribution < -0.4 is 10.2 Å². The Balaban J connectivity index is 1.32. The Labute approximate surface area is 210 Å². The molecule has 182 valence electrons. The first-order valence-corrected chi connectivity index (χ1v) is 12.2. The first-order chi connectivity index (χ1) is 16.7. The van der Waals surface area contributed by atoms with Gasteiger partial charge in [0, 0.05) is 19.3 Å². The Kier molecular flexibility index (Phi) is 6.04. The van der Waals surface area contributed by atoms with Gasteiger partial charge in [-0.3, -0.25) is 9.59 Å². The lowest BCUT2D eigenvalue weighted by Gasteiger charge is -2.48. The van der Waals surface area contributed by atoms with Crippen LogP contribution >= 0.6 is 15.9 Å². The number of aromatic nitrogens is 4. The lowest BCUT2D eigenvalue weighted by Crippen LogP contribution is -2.69. The van der Waals surface area contributed by atoms with Gasteiger partial charge in [-0.15, -0.1) is 0 Å². The number of rotatable bonds is 4. The van der Waals surface area contributed by atoms with Crippen molar-refractivity contribution in [1.29, 1.82) is 0 Å². The monoisotopic (exact) mass is 541 g/mol. The molecule has 2 amide bonds. The van der Waals surface area contributed by atoms with E-state index < -0.39 is 11.4 Å². The highest BCUT2D eigenvalue weighted by molar-refractivity contribution is 9.10. The summed E-state index contributed by atoms with van der Waals surface area (Å²) in [6, 6.07) is 7.16. The zero-order valence-electron chi connectivity index (χ0n) is 19.4. The highest BCUT2D eigenvalue weighted by Crippen LogP contribution is 2.33. The molecule has 1 atom stereocenters. The van der Waals surface area contributed by atoms with Crippen LogP contribution in [0.5, 0.6) is 0 Å². The Morgan fingerprint density at radius 1 is 1.14 bits per heavy atom. The number of nitrogens with zero attached hydrogens (tertiary/aromatic N) is 6. The summed E-state index contributed by atoms with van der Waals surface area (Å²) < 4.78 is 15.4. The molecule has 11 heteroatoms. The minimum absolute atomic E-state index is 0.00995. The van der Waals surface area contributed by atoms with Crippen molar-refractivity contribution in [3.8, 4) is 5.82 Å². The predicted octanol–water partition coefficient (Wildman–Crippen LogP) is 2.93. The van der Waals surface area contributed by atoms with Crippen LogP contribution in [-0.4, -0.2) is 61.6 Å². The van der Waals surface area contributed by atoms with E-state index in [1.54, 1.807) is 17.2 Å². The molecule has 1 N–H and O–H groups in total. The third kappa shape index (κ3) is 4.52. The second kappa shape index (κ2) is 9.03. The molecule has 9 nitrogen and oxygen atoms in total. The normalized spacial score (nSPS) is 18.6. The van der Waals surface area contributed by atoms with Crippen molar-refractivity contribution in [2.24, 2.45) is 0 Å². The van der Waals surface area contributed by atoms with Crippen LogP contribution in [0, 0.1) is 12.7 Å². The quantitative estimate of drug-likeness (QED) is 0.510. The SMILES string of the molecule is Cc1cc(Br)nc(N2CCC3(CC2)NC(=O)CN([C@@H](C)c2ccc(-n4cc(F)cn4)nc2)C3=O)c1. The molecule has 2 saturated heterocycles. The molecule has 0 unspecified atom stereocenters. The summed E-state index contributed by atoms with van der Waals surface area (Å²) in [5, 5.41) is 6.91. The number of hydrogen-bond acceptors (Lipinski definition) is 6. The molecule has 35 heavy (non-hydrogen) atoms. The first kappa shape index (κ1) is 23.4. The summed E-state index contributed by atoms with van der Waals surface area (Å²) in [4.78, 5) is 39.1. The van der Waals surface area contributed by atoms with Gasteiger partial charge in [0.2, 0.25) is 11.8 Å². The molecular weight excluding hydrogens is 517 g/mol. The average molecular weight is 542 g/mol. The first-order valence-electron chi connectivity index (χ1n) is 11.4. The second-order valence-electron chi connectivity index (χ2n) is 9.10. The Bertz CT molecular complexity index is 1250. The number of hydrogen-bond donors (Lipinski definition) is 1. The van der Waals surface area contributed by atoms with Crippen LogP contribution in [-0.2, 0) is 9.59 Å². The summed E-state index contributed by atoms with van der Waals surface area (Å²) >= 11 is 3.45. The largest absolute Gasteiger partial charge is 0.356 e. The lowest BCUT2D eigenvalue weighted by molar-refractivity contribution is -0.153. The van der Waals surface area contributed by atoms with E-state index in [2.05, 4.69) is 41.2 Å². The third-order valence-corrected chi connectivity index (χ3v) is 7.14. The van der Waals surface area contributed by atoms with Crippen LogP contribution in [0.4, 0.5) is 10.2 Å². The number of piperazine rings is 1. The summed E-state index contributed by atoms with van der Waals surface area (Å²) in [5.74, 6) is 0.623. The van der Waals surface area contributed by atoms with Gasteiger partial charge in [0.15, 0.2) is 11.6 Å². The van der Waals surface area contributed by atoms with Gasteiger partial charge in [-0.05, 0) is 71.9 Å². The standard InChI is InChI=1S/C24H25BrFN7O2/c1-15-9-19(25)29-21(10-15)31-7-5-24(6-8-31)23(35)32(14-22(34)30-24)16(2)17-3-4-20(27-11-17)33-13-18(26)12-28-33/h3-4,9-13,16H,5-8,14H2,1-2H3,(H,30,34)/t16-/m0/s1. The van der Waals surface area contributed by atoms with Crippen LogP contribution in [0.1, 0.15) is 36.9 Å². The van der Waals surface area contributed by atoms with Gasteiger partial charge in [-0.25, -0.2) is 19.0 Å². The molecule has 0 aromatic carbocycles. The molecule has 2 fully saturated rings. The molecule has 0 radical (unpaired) electrons. The fourth-order valence-electron chi connectivity index (χ4n) is 4.79. The van der Waals surface area contributed by atoms with E-state index in [-0.39, 0.29) is 24.4 Å². The van der Waals surface area contributed by atoms with Gasteiger partial charge >= 0.3 is 0 Å². The molecule has 5 rings (SSSR count). The smallest absolute Gasteiger partial charge is 0.249 e. The molecule has 5 heterocycles. The van der Waals surface area contributed by atoms with Crippen molar-refractivity contribution in [1.82, 2.24) is 30.0 Å². The van der Waals surface area contributed by atoms with E-state index in [1.807, 2.05) is 32.0 Å². The predicted molar refractivity (Wildman–Crippen MR) is 130 cm³/mol. The van der Waals surface area contributed by atoms with E-state index >= 15 is 0 Å². The number of nitrogens with one attached hydrogen (secondary N) is 1.